The molecule has 1 saturated carbocycles. The van der Waals surface area contributed by atoms with Crippen molar-refractivity contribution in [3.05, 3.63) is 24.3 Å². The van der Waals surface area contributed by atoms with Crippen LogP contribution in [0.25, 0.3) is 0 Å². The monoisotopic (exact) mass is 391 g/mol. The van der Waals surface area contributed by atoms with Crippen LogP contribution in [0.1, 0.15) is 46.0 Å². The van der Waals surface area contributed by atoms with Gasteiger partial charge in [0, 0.05) is 24.8 Å². The number of aliphatic hydroxyl groups is 2. The van der Waals surface area contributed by atoms with E-state index in [4.69, 9.17) is 5.11 Å². The van der Waals surface area contributed by atoms with Crippen molar-refractivity contribution in [3.8, 4) is 5.75 Å². The van der Waals surface area contributed by atoms with E-state index in [0.29, 0.717) is 44.5 Å². The standard InChI is InChI=1S/C16H20F3NO3.C3H8O/c1-2-20(15(22)11-3-7-13(21)8-4-11)12-5-9-14(10-6-12)23-16(17,18)19;1-2-3-4/h5-6,9-11,13,21H,2-4,7-8H2,1H3;4H,2-3H2,1H3. The Bertz CT molecular complexity index is 553. The molecule has 1 amide bonds. The molecule has 1 aliphatic rings. The number of anilines is 1. The highest BCUT2D eigenvalue weighted by Crippen LogP contribution is 2.29. The van der Waals surface area contributed by atoms with Gasteiger partial charge in [0.2, 0.25) is 5.91 Å². The highest BCUT2D eigenvalue weighted by atomic mass is 19.4. The van der Waals surface area contributed by atoms with Gasteiger partial charge < -0.3 is 19.8 Å². The quantitative estimate of drug-likeness (QED) is 0.799. The van der Waals surface area contributed by atoms with Crippen molar-refractivity contribution in [1.82, 2.24) is 0 Å². The number of carbonyl (C=O) groups excluding carboxylic acids is 1. The van der Waals surface area contributed by atoms with E-state index in [0.717, 1.165) is 6.42 Å². The van der Waals surface area contributed by atoms with Crippen LogP contribution in [0.3, 0.4) is 0 Å². The average molecular weight is 391 g/mol. The molecule has 8 heteroatoms. The van der Waals surface area contributed by atoms with E-state index >= 15 is 0 Å². The minimum atomic E-state index is -4.73. The Morgan fingerprint density at radius 3 is 2.07 bits per heavy atom. The summed E-state index contributed by atoms with van der Waals surface area (Å²) in [6.45, 7) is 4.49. The number of hydrogen-bond donors (Lipinski definition) is 2. The van der Waals surface area contributed by atoms with Crippen molar-refractivity contribution in [1.29, 1.82) is 0 Å². The molecule has 1 aliphatic carbocycles. The summed E-state index contributed by atoms with van der Waals surface area (Å²) in [6, 6.07) is 5.28. The Balaban J connectivity index is 0.000000828. The fourth-order valence-electron chi connectivity index (χ4n) is 2.84. The molecule has 1 fully saturated rings. The first-order valence-electron chi connectivity index (χ1n) is 9.17. The zero-order valence-corrected chi connectivity index (χ0v) is 15.7. The van der Waals surface area contributed by atoms with Crippen LogP contribution in [0.2, 0.25) is 0 Å². The molecule has 0 radical (unpaired) electrons. The lowest BCUT2D eigenvalue weighted by Crippen LogP contribution is -2.38. The Hall–Kier alpha value is -1.80. The van der Waals surface area contributed by atoms with Gasteiger partial charge in [0.1, 0.15) is 5.75 Å². The topological polar surface area (TPSA) is 70.0 Å². The first kappa shape index (κ1) is 23.2. The molecule has 2 rings (SSSR count). The van der Waals surface area contributed by atoms with Crippen LogP contribution in [0.5, 0.6) is 5.75 Å². The summed E-state index contributed by atoms with van der Waals surface area (Å²) in [6.07, 6.45) is -1.73. The first-order chi connectivity index (χ1) is 12.7. The van der Waals surface area contributed by atoms with E-state index in [9.17, 15) is 23.1 Å². The summed E-state index contributed by atoms with van der Waals surface area (Å²) in [5.41, 5.74) is 0.540. The lowest BCUT2D eigenvalue weighted by Gasteiger charge is -2.30. The molecular formula is C19H28F3NO4. The normalized spacial score (nSPS) is 19.7. The van der Waals surface area contributed by atoms with Crippen molar-refractivity contribution in [3.63, 3.8) is 0 Å². The largest absolute Gasteiger partial charge is 0.573 e. The third-order valence-corrected chi connectivity index (χ3v) is 4.23. The number of hydrogen-bond acceptors (Lipinski definition) is 4. The van der Waals surface area contributed by atoms with Gasteiger partial charge in [-0.1, -0.05) is 6.92 Å². The number of ether oxygens (including phenoxy) is 1. The Labute approximate surface area is 157 Å². The number of nitrogens with zero attached hydrogens (tertiary/aromatic N) is 1. The molecular weight excluding hydrogens is 363 g/mol. The molecule has 0 bridgehead atoms. The molecule has 0 unspecified atom stereocenters. The molecule has 0 aromatic heterocycles. The van der Waals surface area contributed by atoms with Crippen LogP contribution in [0.15, 0.2) is 24.3 Å². The number of alkyl halides is 3. The van der Waals surface area contributed by atoms with Crippen LogP contribution in [-0.2, 0) is 4.79 Å². The first-order valence-corrected chi connectivity index (χ1v) is 9.17. The van der Waals surface area contributed by atoms with E-state index < -0.39 is 6.36 Å². The molecule has 0 aliphatic heterocycles. The van der Waals surface area contributed by atoms with Gasteiger partial charge >= 0.3 is 6.36 Å². The van der Waals surface area contributed by atoms with Crippen LogP contribution in [-0.4, -0.2) is 41.7 Å². The fourth-order valence-corrected chi connectivity index (χ4v) is 2.84. The van der Waals surface area contributed by atoms with Gasteiger partial charge in [-0.25, -0.2) is 0 Å². The summed E-state index contributed by atoms with van der Waals surface area (Å²) in [5.74, 6) is -0.515. The third kappa shape index (κ3) is 8.17. The molecule has 0 heterocycles. The van der Waals surface area contributed by atoms with Crippen molar-refractivity contribution in [2.45, 2.75) is 58.4 Å². The zero-order valence-electron chi connectivity index (χ0n) is 15.7. The van der Waals surface area contributed by atoms with Crippen molar-refractivity contribution >= 4 is 11.6 Å². The van der Waals surface area contributed by atoms with Crippen molar-refractivity contribution in [2.24, 2.45) is 5.92 Å². The lowest BCUT2D eigenvalue weighted by molar-refractivity contribution is -0.274. The number of aliphatic hydroxyl groups excluding tert-OH is 2. The molecule has 1 aromatic carbocycles. The van der Waals surface area contributed by atoms with Gasteiger partial charge in [0.05, 0.1) is 6.10 Å². The summed E-state index contributed by atoms with van der Waals surface area (Å²) < 4.78 is 40.3. The summed E-state index contributed by atoms with van der Waals surface area (Å²) in [5, 5.41) is 17.4. The van der Waals surface area contributed by atoms with E-state index in [1.54, 1.807) is 4.90 Å². The van der Waals surface area contributed by atoms with Gasteiger partial charge in [-0.05, 0) is 63.3 Å². The highest BCUT2D eigenvalue weighted by molar-refractivity contribution is 5.95. The lowest BCUT2D eigenvalue weighted by atomic mass is 9.86. The summed E-state index contributed by atoms with van der Waals surface area (Å²) in [7, 11) is 0. The Morgan fingerprint density at radius 2 is 1.67 bits per heavy atom. The average Bonchev–Trinajstić information content (AvgIpc) is 2.63. The molecule has 0 atom stereocenters. The minimum Gasteiger partial charge on any atom is -0.406 e. The zero-order chi connectivity index (χ0) is 20.4. The van der Waals surface area contributed by atoms with E-state index in [1.165, 1.54) is 24.3 Å². The summed E-state index contributed by atoms with van der Waals surface area (Å²) in [4.78, 5) is 14.1. The van der Waals surface area contributed by atoms with Gasteiger partial charge in [0.25, 0.3) is 0 Å². The third-order valence-electron chi connectivity index (χ3n) is 4.23. The maximum absolute atomic E-state index is 12.6. The fraction of sp³-hybridized carbons (Fsp3) is 0.632. The van der Waals surface area contributed by atoms with E-state index in [2.05, 4.69) is 4.74 Å². The smallest absolute Gasteiger partial charge is 0.406 e. The molecule has 5 nitrogen and oxygen atoms in total. The van der Waals surface area contributed by atoms with Crippen molar-refractivity contribution in [2.75, 3.05) is 18.1 Å². The Kier molecular flexibility index (Phi) is 9.59. The molecule has 27 heavy (non-hydrogen) atoms. The van der Waals surface area contributed by atoms with Crippen LogP contribution < -0.4 is 9.64 Å². The van der Waals surface area contributed by atoms with Gasteiger partial charge in [-0.15, -0.1) is 13.2 Å². The second-order valence-corrected chi connectivity index (χ2v) is 6.35. The molecule has 1 aromatic rings. The Morgan fingerprint density at radius 1 is 1.15 bits per heavy atom. The second kappa shape index (κ2) is 11.1. The maximum Gasteiger partial charge on any atom is 0.573 e. The summed E-state index contributed by atoms with van der Waals surface area (Å²) >= 11 is 0. The molecule has 0 saturated heterocycles. The van der Waals surface area contributed by atoms with Gasteiger partial charge in [-0.3, -0.25) is 4.79 Å². The van der Waals surface area contributed by atoms with Gasteiger partial charge in [-0.2, -0.15) is 0 Å². The van der Waals surface area contributed by atoms with Crippen molar-refractivity contribution < 1.29 is 32.9 Å². The minimum absolute atomic E-state index is 0.0520. The molecule has 154 valence electrons. The molecule has 2 N–H and O–H groups in total. The number of carbonyl (C=O) groups is 1. The number of halogens is 3. The number of rotatable bonds is 5. The molecule has 0 spiro atoms. The number of amides is 1. The van der Waals surface area contributed by atoms with Crippen LogP contribution in [0.4, 0.5) is 18.9 Å². The number of benzene rings is 1. The SMILES string of the molecule is CCCO.CCN(C(=O)C1CCC(O)CC1)c1ccc(OC(F)(F)F)cc1. The van der Waals surface area contributed by atoms with E-state index in [-0.39, 0.29) is 23.7 Å². The second-order valence-electron chi connectivity index (χ2n) is 6.35. The maximum atomic E-state index is 12.6. The predicted molar refractivity (Wildman–Crippen MR) is 96.5 cm³/mol. The van der Waals surface area contributed by atoms with E-state index in [1.807, 2.05) is 13.8 Å². The predicted octanol–water partition coefficient (Wildman–Crippen LogP) is 3.88. The van der Waals surface area contributed by atoms with Gasteiger partial charge in [0.15, 0.2) is 0 Å². The van der Waals surface area contributed by atoms with Crippen LogP contribution in [0, 0.1) is 5.92 Å². The van der Waals surface area contributed by atoms with Crippen LogP contribution >= 0.6 is 0 Å². The highest BCUT2D eigenvalue weighted by Gasteiger charge is 2.31.